The minimum absolute atomic E-state index is 0.270. The summed E-state index contributed by atoms with van der Waals surface area (Å²) in [6.45, 7) is 2.37. The van der Waals surface area contributed by atoms with Crippen molar-refractivity contribution in [3.8, 4) is 5.75 Å². The Labute approximate surface area is 113 Å². The zero-order valence-corrected chi connectivity index (χ0v) is 11.0. The molecule has 1 aromatic heterocycles. The number of hydrogen-bond acceptors (Lipinski definition) is 5. The number of ether oxygens (including phenoxy) is 1. The molecule has 100 valence electrons. The quantitative estimate of drug-likeness (QED) is 0.849. The molecule has 19 heavy (non-hydrogen) atoms. The van der Waals surface area contributed by atoms with E-state index in [9.17, 15) is 9.18 Å². The summed E-state index contributed by atoms with van der Waals surface area (Å²) in [7, 11) is 0. The number of amides is 1. The second-order valence-corrected chi connectivity index (χ2v) is 4.46. The van der Waals surface area contributed by atoms with Crippen LogP contribution in [0.15, 0.2) is 24.3 Å². The van der Waals surface area contributed by atoms with Gasteiger partial charge in [-0.15, -0.1) is 0 Å². The van der Waals surface area contributed by atoms with Crippen LogP contribution in [0.4, 0.5) is 4.39 Å². The average molecular weight is 281 g/mol. The lowest BCUT2D eigenvalue weighted by Gasteiger charge is -2.06. The van der Waals surface area contributed by atoms with Crippen LogP contribution in [0.2, 0.25) is 0 Å². The van der Waals surface area contributed by atoms with Crippen molar-refractivity contribution in [1.82, 2.24) is 14.7 Å². The van der Waals surface area contributed by atoms with Gasteiger partial charge in [0.1, 0.15) is 24.0 Å². The number of aromatic nitrogens is 2. The molecule has 2 aromatic rings. The Kier molecular flexibility index (Phi) is 4.40. The Morgan fingerprint density at radius 3 is 2.79 bits per heavy atom. The van der Waals surface area contributed by atoms with Crippen molar-refractivity contribution in [3.63, 3.8) is 0 Å². The first-order chi connectivity index (χ1) is 9.15. The van der Waals surface area contributed by atoms with Gasteiger partial charge in [-0.05, 0) is 42.7 Å². The Morgan fingerprint density at radius 2 is 2.16 bits per heavy atom. The van der Waals surface area contributed by atoms with E-state index >= 15 is 0 Å². The summed E-state index contributed by atoms with van der Waals surface area (Å²) in [6.07, 6.45) is 0. The molecule has 0 unspecified atom stereocenters. The van der Waals surface area contributed by atoms with E-state index in [-0.39, 0.29) is 11.7 Å². The smallest absolute Gasteiger partial charge is 0.282 e. The molecule has 0 saturated carbocycles. The second-order valence-electron chi connectivity index (χ2n) is 3.71. The highest BCUT2D eigenvalue weighted by atomic mass is 32.1. The van der Waals surface area contributed by atoms with Crippen molar-refractivity contribution in [2.45, 2.75) is 6.92 Å². The Morgan fingerprint density at radius 1 is 1.42 bits per heavy atom. The van der Waals surface area contributed by atoms with E-state index in [0.29, 0.717) is 29.7 Å². The Balaban J connectivity index is 1.72. The topological polar surface area (TPSA) is 64.1 Å². The fraction of sp³-hybridized carbons (Fsp3) is 0.250. The number of hydrogen-bond donors (Lipinski definition) is 1. The van der Waals surface area contributed by atoms with E-state index in [1.807, 2.05) is 0 Å². The summed E-state index contributed by atoms with van der Waals surface area (Å²) in [5, 5.41) is 3.00. The highest BCUT2D eigenvalue weighted by Crippen LogP contribution is 2.10. The van der Waals surface area contributed by atoms with E-state index in [0.717, 1.165) is 11.5 Å². The summed E-state index contributed by atoms with van der Waals surface area (Å²) in [6, 6.07) is 5.70. The molecule has 0 radical (unpaired) electrons. The summed E-state index contributed by atoms with van der Waals surface area (Å²) in [5.41, 5.74) is 0. The first-order valence-corrected chi connectivity index (χ1v) is 6.39. The standard InChI is InChI=1S/C12H12FN3O2S/c1-8-15-12(19-16-8)11(17)14-6-7-18-10-4-2-9(13)3-5-10/h2-5H,6-7H2,1H3,(H,14,17). The first-order valence-electron chi connectivity index (χ1n) is 5.62. The summed E-state index contributed by atoms with van der Waals surface area (Å²) >= 11 is 1.06. The van der Waals surface area contributed by atoms with E-state index in [4.69, 9.17) is 4.74 Å². The van der Waals surface area contributed by atoms with Crippen LogP contribution in [0, 0.1) is 12.7 Å². The molecule has 0 fully saturated rings. The van der Waals surface area contributed by atoms with Crippen molar-refractivity contribution in [1.29, 1.82) is 0 Å². The maximum atomic E-state index is 12.6. The van der Waals surface area contributed by atoms with E-state index in [2.05, 4.69) is 14.7 Å². The van der Waals surface area contributed by atoms with Gasteiger partial charge in [0.25, 0.3) is 5.91 Å². The molecule has 0 aliphatic heterocycles. The lowest BCUT2D eigenvalue weighted by molar-refractivity contribution is 0.0946. The van der Waals surface area contributed by atoms with Gasteiger partial charge in [0.2, 0.25) is 5.01 Å². The third-order valence-corrected chi connectivity index (χ3v) is 3.00. The number of rotatable bonds is 5. The molecule has 7 heteroatoms. The SMILES string of the molecule is Cc1nsc(C(=O)NCCOc2ccc(F)cc2)n1. The fourth-order valence-electron chi connectivity index (χ4n) is 1.33. The van der Waals surface area contributed by atoms with Crippen LogP contribution in [-0.2, 0) is 0 Å². The maximum Gasteiger partial charge on any atom is 0.282 e. The third kappa shape index (κ3) is 3.99. The normalized spacial score (nSPS) is 10.2. The van der Waals surface area contributed by atoms with Crippen molar-refractivity contribution in [2.75, 3.05) is 13.2 Å². The van der Waals surface area contributed by atoms with Gasteiger partial charge in [-0.3, -0.25) is 4.79 Å². The van der Waals surface area contributed by atoms with Crippen molar-refractivity contribution in [3.05, 3.63) is 40.9 Å². The number of nitrogens with zero attached hydrogens (tertiary/aromatic N) is 2. The number of nitrogens with one attached hydrogen (secondary N) is 1. The fourth-order valence-corrected chi connectivity index (χ4v) is 1.92. The van der Waals surface area contributed by atoms with Crippen molar-refractivity contribution in [2.24, 2.45) is 0 Å². The van der Waals surface area contributed by atoms with Gasteiger partial charge in [-0.25, -0.2) is 9.37 Å². The molecule has 0 aliphatic carbocycles. The highest BCUT2D eigenvalue weighted by Gasteiger charge is 2.09. The van der Waals surface area contributed by atoms with Gasteiger partial charge < -0.3 is 10.1 Å². The molecule has 0 saturated heterocycles. The molecular formula is C12H12FN3O2S. The molecule has 5 nitrogen and oxygen atoms in total. The van der Waals surface area contributed by atoms with E-state index in [1.54, 1.807) is 6.92 Å². The van der Waals surface area contributed by atoms with Gasteiger partial charge in [0.15, 0.2) is 0 Å². The minimum Gasteiger partial charge on any atom is -0.492 e. The lowest BCUT2D eigenvalue weighted by Crippen LogP contribution is -2.28. The molecule has 0 aliphatic rings. The van der Waals surface area contributed by atoms with Crippen LogP contribution in [0.3, 0.4) is 0 Å². The molecule has 1 heterocycles. The summed E-state index contributed by atoms with van der Waals surface area (Å²) < 4.78 is 21.9. The third-order valence-electron chi connectivity index (χ3n) is 2.19. The second kappa shape index (κ2) is 6.24. The number of aryl methyl sites for hydroxylation is 1. The molecule has 1 N–H and O–H groups in total. The summed E-state index contributed by atoms with van der Waals surface area (Å²) in [5.74, 6) is 0.556. The molecule has 1 amide bonds. The largest absolute Gasteiger partial charge is 0.492 e. The molecular weight excluding hydrogens is 269 g/mol. The highest BCUT2D eigenvalue weighted by molar-refractivity contribution is 7.07. The number of carbonyl (C=O) groups excluding carboxylic acids is 1. The Bertz CT molecular complexity index is 556. The zero-order valence-electron chi connectivity index (χ0n) is 10.2. The monoisotopic (exact) mass is 281 g/mol. The lowest BCUT2D eigenvalue weighted by atomic mass is 10.3. The van der Waals surface area contributed by atoms with Crippen molar-refractivity contribution >= 4 is 17.4 Å². The Hall–Kier alpha value is -2.02. The predicted molar refractivity (Wildman–Crippen MR) is 68.9 cm³/mol. The van der Waals surface area contributed by atoms with Crippen LogP contribution in [-0.4, -0.2) is 28.4 Å². The number of carbonyl (C=O) groups is 1. The van der Waals surface area contributed by atoms with Crippen LogP contribution in [0.1, 0.15) is 15.6 Å². The number of benzene rings is 1. The molecule has 1 aromatic carbocycles. The molecule has 0 bridgehead atoms. The van der Waals surface area contributed by atoms with Gasteiger partial charge >= 0.3 is 0 Å². The predicted octanol–water partition coefficient (Wildman–Crippen LogP) is 1.79. The van der Waals surface area contributed by atoms with Gasteiger partial charge in [0.05, 0.1) is 6.54 Å². The number of halogens is 1. The minimum atomic E-state index is -0.313. The van der Waals surface area contributed by atoms with Crippen LogP contribution >= 0.6 is 11.5 Å². The summed E-state index contributed by atoms with van der Waals surface area (Å²) in [4.78, 5) is 15.6. The molecule has 0 atom stereocenters. The zero-order chi connectivity index (χ0) is 13.7. The van der Waals surface area contributed by atoms with E-state index < -0.39 is 0 Å². The van der Waals surface area contributed by atoms with Crippen molar-refractivity contribution < 1.29 is 13.9 Å². The van der Waals surface area contributed by atoms with Gasteiger partial charge in [0, 0.05) is 0 Å². The first kappa shape index (κ1) is 13.4. The van der Waals surface area contributed by atoms with Crippen LogP contribution in [0.5, 0.6) is 5.75 Å². The maximum absolute atomic E-state index is 12.6. The van der Waals surface area contributed by atoms with Gasteiger partial charge in [-0.1, -0.05) is 0 Å². The average Bonchev–Trinajstić information content (AvgIpc) is 2.83. The molecule has 2 rings (SSSR count). The van der Waals surface area contributed by atoms with E-state index in [1.165, 1.54) is 24.3 Å². The molecule has 0 spiro atoms. The van der Waals surface area contributed by atoms with Gasteiger partial charge in [-0.2, -0.15) is 4.37 Å². The van der Waals surface area contributed by atoms with Crippen LogP contribution < -0.4 is 10.1 Å². The van der Waals surface area contributed by atoms with Crippen LogP contribution in [0.25, 0.3) is 0 Å².